The first-order valence-corrected chi connectivity index (χ1v) is 16.4. The summed E-state index contributed by atoms with van der Waals surface area (Å²) in [5, 5.41) is 0.343. The van der Waals surface area contributed by atoms with Gasteiger partial charge in [-0.15, -0.1) is 0 Å². The van der Waals surface area contributed by atoms with Crippen molar-refractivity contribution in [2.75, 3.05) is 24.2 Å². The maximum absolute atomic E-state index is 13.8. The largest absolute Gasteiger partial charge is 0.471 e. The Balaban J connectivity index is 1.68. The highest BCUT2D eigenvalue weighted by atomic mass is 35.5. The number of halogens is 7. The predicted molar refractivity (Wildman–Crippen MR) is 156 cm³/mol. The van der Waals surface area contributed by atoms with Gasteiger partial charge >= 0.3 is 18.3 Å². The number of rotatable bonds is 8. The first-order valence-electron chi connectivity index (χ1n) is 14.4. The summed E-state index contributed by atoms with van der Waals surface area (Å²) in [6.07, 6.45) is -9.36. The standard InChI is InChI=1S/C30H34ClF6N3O4S/c1-18(2)38(3)22-9-12-25(19(15-22)17-45(43,44)24-10-7-21(31)8-11-24)39-14-13-26(27(39)41)40(28(42)30(35,36)37)23-6-4-5-20(16-23)29(32,33)34/h4-8,10-11,16,18-19,22,25-26H,9,12-15,17H2,1-3H3/t19-,22-,25+,26+/m1/s1. The Morgan fingerprint density at radius 2 is 1.67 bits per heavy atom. The van der Waals surface area contributed by atoms with Gasteiger partial charge in [0.05, 0.1) is 16.2 Å². The summed E-state index contributed by atoms with van der Waals surface area (Å²) in [5.41, 5.74) is -1.99. The summed E-state index contributed by atoms with van der Waals surface area (Å²) in [5.74, 6) is -4.31. The van der Waals surface area contributed by atoms with E-state index in [1.54, 1.807) is 0 Å². The zero-order valence-corrected chi connectivity index (χ0v) is 26.3. The fraction of sp³-hybridized carbons (Fsp3) is 0.533. The molecule has 4 rings (SSSR count). The van der Waals surface area contributed by atoms with E-state index in [-0.39, 0.29) is 40.6 Å². The maximum Gasteiger partial charge on any atom is 0.471 e. The molecule has 0 radical (unpaired) electrons. The average molecular weight is 682 g/mol. The quantitative estimate of drug-likeness (QED) is 0.310. The molecular formula is C30H34ClF6N3O4S. The van der Waals surface area contributed by atoms with E-state index in [1.165, 1.54) is 29.2 Å². The number of carbonyl (C=O) groups is 2. The third-order valence-corrected chi connectivity index (χ3v) is 10.9. The van der Waals surface area contributed by atoms with Crippen LogP contribution < -0.4 is 4.90 Å². The maximum atomic E-state index is 13.8. The van der Waals surface area contributed by atoms with E-state index in [1.807, 2.05) is 20.9 Å². The molecule has 1 aliphatic carbocycles. The number of carbonyl (C=O) groups excluding carboxylic acids is 2. The van der Waals surface area contributed by atoms with Crippen molar-refractivity contribution in [3.05, 3.63) is 59.1 Å². The van der Waals surface area contributed by atoms with Crippen LogP contribution in [0, 0.1) is 5.92 Å². The molecule has 2 aliphatic rings. The van der Waals surface area contributed by atoms with Crippen LogP contribution in [0.15, 0.2) is 53.4 Å². The van der Waals surface area contributed by atoms with E-state index in [2.05, 4.69) is 4.90 Å². The summed E-state index contributed by atoms with van der Waals surface area (Å²) in [6.45, 7) is 3.87. The fourth-order valence-corrected chi connectivity index (χ4v) is 8.08. The van der Waals surface area contributed by atoms with Gasteiger partial charge in [-0.2, -0.15) is 26.3 Å². The number of hydrogen-bond donors (Lipinski definition) is 0. The monoisotopic (exact) mass is 681 g/mol. The van der Waals surface area contributed by atoms with Crippen LogP contribution in [0.1, 0.15) is 45.1 Å². The van der Waals surface area contributed by atoms with Gasteiger partial charge in [0.1, 0.15) is 6.04 Å². The normalized spacial score (nSPS) is 23.2. The smallest absolute Gasteiger partial charge is 0.338 e. The highest BCUT2D eigenvalue weighted by Gasteiger charge is 2.51. The van der Waals surface area contributed by atoms with E-state index in [4.69, 9.17) is 11.6 Å². The highest BCUT2D eigenvalue weighted by Crippen LogP contribution is 2.39. The van der Waals surface area contributed by atoms with Crippen LogP contribution in [0.25, 0.3) is 0 Å². The van der Waals surface area contributed by atoms with E-state index in [9.17, 15) is 44.3 Å². The second kappa shape index (κ2) is 13.1. The number of nitrogens with zero attached hydrogens (tertiary/aromatic N) is 3. The zero-order valence-electron chi connectivity index (χ0n) is 24.8. The second-order valence-electron chi connectivity index (χ2n) is 11.8. The number of hydrogen-bond acceptors (Lipinski definition) is 5. The number of amides is 2. The molecule has 15 heteroatoms. The molecule has 7 nitrogen and oxygen atoms in total. The Labute approximate surface area is 263 Å². The van der Waals surface area contributed by atoms with E-state index < -0.39 is 63.3 Å². The molecule has 2 aromatic rings. The van der Waals surface area contributed by atoms with Crippen LogP contribution in [-0.2, 0) is 25.6 Å². The van der Waals surface area contributed by atoms with Crippen molar-refractivity contribution >= 4 is 38.9 Å². The van der Waals surface area contributed by atoms with Crippen molar-refractivity contribution in [1.29, 1.82) is 0 Å². The van der Waals surface area contributed by atoms with Crippen molar-refractivity contribution in [3.63, 3.8) is 0 Å². The lowest BCUT2D eigenvalue weighted by atomic mass is 9.81. The molecule has 2 fully saturated rings. The molecule has 2 amide bonds. The highest BCUT2D eigenvalue weighted by molar-refractivity contribution is 7.91. The molecule has 0 bridgehead atoms. The Hall–Kier alpha value is -2.84. The molecule has 1 saturated carbocycles. The SMILES string of the molecule is CC(C)N(C)[C@@H]1CC[C@H](N2CC[C@H](N(C(=O)C(F)(F)F)c3cccc(C(F)(F)F)c3)C2=O)[C@@H](CS(=O)(=O)c2ccc(Cl)cc2)C1. The predicted octanol–water partition coefficient (Wildman–Crippen LogP) is 6.21. The van der Waals surface area contributed by atoms with Crippen LogP contribution in [0.2, 0.25) is 5.02 Å². The first-order chi connectivity index (χ1) is 20.8. The van der Waals surface area contributed by atoms with Crippen molar-refractivity contribution in [1.82, 2.24) is 9.80 Å². The number of sulfone groups is 1. The molecule has 0 N–H and O–H groups in total. The Morgan fingerprint density at radius 3 is 2.24 bits per heavy atom. The van der Waals surface area contributed by atoms with Gasteiger partial charge in [0.2, 0.25) is 5.91 Å². The zero-order chi connectivity index (χ0) is 33.5. The van der Waals surface area contributed by atoms with Crippen molar-refractivity contribution in [2.24, 2.45) is 5.92 Å². The molecule has 1 heterocycles. The Bertz CT molecular complexity index is 1500. The van der Waals surface area contributed by atoms with E-state index >= 15 is 0 Å². The van der Waals surface area contributed by atoms with Gasteiger partial charge in [0.25, 0.3) is 0 Å². The molecule has 1 aliphatic heterocycles. The van der Waals surface area contributed by atoms with Gasteiger partial charge in [-0.25, -0.2) is 8.42 Å². The molecule has 0 unspecified atom stereocenters. The van der Waals surface area contributed by atoms with Gasteiger partial charge in [0, 0.05) is 35.4 Å². The number of anilines is 1. The number of benzene rings is 2. The van der Waals surface area contributed by atoms with Crippen molar-refractivity contribution in [3.8, 4) is 0 Å². The topological polar surface area (TPSA) is 78.0 Å². The molecule has 2 aromatic carbocycles. The summed E-state index contributed by atoms with van der Waals surface area (Å²) < 4.78 is 109. The van der Waals surface area contributed by atoms with E-state index in [0.29, 0.717) is 36.4 Å². The van der Waals surface area contributed by atoms with Crippen molar-refractivity contribution < 1.29 is 44.3 Å². The molecular weight excluding hydrogens is 648 g/mol. The minimum Gasteiger partial charge on any atom is -0.338 e. The fourth-order valence-electron chi connectivity index (χ4n) is 6.29. The minimum atomic E-state index is -5.48. The molecule has 45 heavy (non-hydrogen) atoms. The Morgan fingerprint density at radius 1 is 1.02 bits per heavy atom. The molecule has 0 aromatic heterocycles. The lowest BCUT2D eigenvalue weighted by molar-refractivity contribution is -0.171. The molecule has 1 saturated heterocycles. The van der Waals surface area contributed by atoms with Crippen LogP contribution in [0.5, 0.6) is 0 Å². The van der Waals surface area contributed by atoms with Crippen LogP contribution >= 0.6 is 11.6 Å². The summed E-state index contributed by atoms with van der Waals surface area (Å²) in [6, 6.07) is 6.17. The van der Waals surface area contributed by atoms with Gasteiger partial charge in [0.15, 0.2) is 9.84 Å². The number of likely N-dealkylation sites (tertiary alicyclic amines) is 1. The van der Waals surface area contributed by atoms with Crippen LogP contribution in [-0.4, -0.2) is 79.7 Å². The third kappa shape index (κ3) is 7.76. The lowest BCUT2D eigenvalue weighted by Crippen LogP contribution is -2.55. The average Bonchev–Trinajstić information content (AvgIpc) is 3.32. The lowest BCUT2D eigenvalue weighted by Gasteiger charge is -2.44. The van der Waals surface area contributed by atoms with Crippen LogP contribution in [0.3, 0.4) is 0 Å². The first kappa shape index (κ1) is 35.0. The molecule has 248 valence electrons. The summed E-state index contributed by atoms with van der Waals surface area (Å²) >= 11 is 5.93. The number of alkyl halides is 6. The van der Waals surface area contributed by atoms with Gasteiger partial charge in [-0.3, -0.25) is 14.5 Å². The van der Waals surface area contributed by atoms with Gasteiger partial charge in [-0.05, 0) is 95.0 Å². The van der Waals surface area contributed by atoms with Gasteiger partial charge < -0.3 is 9.80 Å². The molecule has 0 spiro atoms. The van der Waals surface area contributed by atoms with Gasteiger partial charge in [-0.1, -0.05) is 17.7 Å². The second-order valence-corrected chi connectivity index (χ2v) is 14.3. The summed E-state index contributed by atoms with van der Waals surface area (Å²) in [4.78, 5) is 30.0. The third-order valence-electron chi connectivity index (χ3n) is 8.75. The van der Waals surface area contributed by atoms with E-state index in [0.717, 1.165) is 12.1 Å². The minimum absolute atomic E-state index is 0.0297. The van der Waals surface area contributed by atoms with Crippen molar-refractivity contribution in [2.45, 2.75) is 80.9 Å². The van der Waals surface area contributed by atoms with Crippen LogP contribution in [0.4, 0.5) is 32.0 Å². The molecule has 4 atom stereocenters. The summed E-state index contributed by atoms with van der Waals surface area (Å²) in [7, 11) is -1.98. The Kier molecular flexibility index (Phi) is 10.2.